The van der Waals surface area contributed by atoms with Gasteiger partial charge in [0.05, 0.1) is 12.1 Å². The first-order chi connectivity index (χ1) is 8.96. The van der Waals surface area contributed by atoms with Gasteiger partial charge in [0.15, 0.2) is 5.13 Å². The van der Waals surface area contributed by atoms with Gasteiger partial charge in [-0.15, -0.1) is 11.3 Å². The Labute approximate surface area is 116 Å². The fourth-order valence-corrected chi connectivity index (χ4v) is 2.71. The third kappa shape index (κ3) is 4.96. The third-order valence-electron chi connectivity index (χ3n) is 2.64. The number of nitrogens with one attached hydrogen (secondary N) is 1. The SMILES string of the molecule is CCN(CC)Cc1sc(NC(C)=O)nc1CC(=O)O. The van der Waals surface area contributed by atoms with Gasteiger partial charge >= 0.3 is 5.97 Å². The van der Waals surface area contributed by atoms with Gasteiger partial charge in [0.2, 0.25) is 5.91 Å². The molecule has 0 saturated carbocycles. The highest BCUT2D eigenvalue weighted by atomic mass is 32.1. The molecule has 7 heteroatoms. The number of thiazole rings is 1. The fourth-order valence-electron chi connectivity index (χ4n) is 1.64. The summed E-state index contributed by atoms with van der Waals surface area (Å²) in [6.07, 6.45) is -0.118. The van der Waals surface area contributed by atoms with E-state index in [1.807, 2.05) is 0 Å². The van der Waals surface area contributed by atoms with Crippen molar-refractivity contribution in [1.29, 1.82) is 0 Å². The van der Waals surface area contributed by atoms with Gasteiger partial charge in [-0.25, -0.2) is 4.98 Å². The van der Waals surface area contributed by atoms with Crippen LogP contribution in [0.15, 0.2) is 0 Å². The highest BCUT2D eigenvalue weighted by Crippen LogP contribution is 2.25. The minimum Gasteiger partial charge on any atom is -0.481 e. The summed E-state index contributed by atoms with van der Waals surface area (Å²) in [5.74, 6) is -1.12. The van der Waals surface area contributed by atoms with E-state index in [2.05, 4.69) is 29.0 Å². The van der Waals surface area contributed by atoms with Gasteiger partial charge in [-0.1, -0.05) is 13.8 Å². The van der Waals surface area contributed by atoms with E-state index in [1.54, 1.807) is 0 Å². The molecule has 0 spiro atoms. The summed E-state index contributed by atoms with van der Waals surface area (Å²) >= 11 is 1.34. The van der Waals surface area contributed by atoms with Crippen LogP contribution in [-0.4, -0.2) is 40.0 Å². The Morgan fingerprint density at radius 3 is 2.47 bits per heavy atom. The molecule has 0 aliphatic rings. The summed E-state index contributed by atoms with van der Waals surface area (Å²) < 4.78 is 0. The minimum atomic E-state index is -0.916. The lowest BCUT2D eigenvalue weighted by Crippen LogP contribution is -2.22. The highest BCUT2D eigenvalue weighted by molar-refractivity contribution is 7.15. The van der Waals surface area contributed by atoms with Crippen molar-refractivity contribution < 1.29 is 14.7 Å². The summed E-state index contributed by atoms with van der Waals surface area (Å²) in [6.45, 7) is 7.94. The second-order valence-corrected chi connectivity index (χ2v) is 5.19. The van der Waals surface area contributed by atoms with E-state index in [1.165, 1.54) is 18.3 Å². The standard InChI is InChI=1S/C12H19N3O3S/c1-4-15(5-2)7-10-9(6-11(17)18)14-12(19-10)13-8(3)16/h4-7H2,1-3H3,(H,17,18)(H,13,14,16). The van der Waals surface area contributed by atoms with Gasteiger partial charge in [0.25, 0.3) is 0 Å². The van der Waals surface area contributed by atoms with Crippen molar-refractivity contribution in [1.82, 2.24) is 9.88 Å². The number of carboxylic acid groups (broad SMARTS) is 1. The van der Waals surface area contributed by atoms with E-state index in [-0.39, 0.29) is 12.3 Å². The number of anilines is 1. The molecule has 0 saturated heterocycles. The van der Waals surface area contributed by atoms with Crippen molar-refractivity contribution in [2.24, 2.45) is 0 Å². The molecule has 0 fully saturated rings. The van der Waals surface area contributed by atoms with Crippen molar-refractivity contribution in [2.45, 2.75) is 33.7 Å². The van der Waals surface area contributed by atoms with E-state index in [9.17, 15) is 9.59 Å². The molecule has 0 aliphatic carbocycles. The average molecular weight is 285 g/mol. The number of hydrogen-bond donors (Lipinski definition) is 2. The van der Waals surface area contributed by atoms with Crippen molar-refractivity contribution in [3.8, 4) is 0 Å². The maximum Gasteiger partial charge on any atom is 0.309 e. The van der Waals surface area contributed by atoms with Crippen molar-refractivity contribution >= 4 is 28.3 Å². The Kier molecular flexibility index (Phi) is 5.91. The van der Waals surface area contributed by atoms with Crippen LogP contribution in [0.5, 0.6) is 0 Å². The number of aromatic nitrogens is 1. The number of rotatable bonds is 7. The molecule has 0 unspecified atom stereocenters. The molecule has 2 N–H and O–H groups in total. The van der Waals surface area contributed by atoms with Crippen LogP contribution in [0.25, 0.3) is 0 Å². The topological polar surface area (TPSA) is 82.5 Å². The lowest BCUT2D eigenvalue weighted by molar-refractivity contribution is -0.136. The number of amides is 1. The summed E-state index contributed by atoms with van der Waals surface area (Å²) in [4.78, 5) is 29.1. The molecule has 1 aromatic heterocycles. The van der Waals surface area contributed by atoms with Gasteiger partial charge in [-0.3, -0.25) is 14.5 Å². The smallest absolute Gasteiger partial charge is 0.309 e. The predicted molar refractivity (Wildman–Crippen MR) is 74.4 cm³/mol. The van der Waals surface area contributed by atoms with E-state index >= 15 is 0 Å². The summed E-state index contributed by atoms with van der Waals surface area (Å²) in [7, 11) is 0. The molecule has 1 rings (SSSR count). The zero-order valence-electron chi connectivity index (χ0n) is 11.4. The molecular weight excluding hydrogens is 266 g/mol. The molecule has 1 heterocycles. The van der Waals surface area contributed by atoms with Crippen LogP contribution in [0.4, 0.5) is 5.13 Å². The van der Waals surface area contributed by atoms with Crippen LogP contribution in [-0.2, 0) is 22.6 Å². The Hall–Kier alpha value is -1.47. The first kappa shape index (κ1) is 15.6. The highest BCUT2D eigenvalue weighted by Gasteiger charge is 2.16. The van der Waals surface area contributed by atoms with E-state index in [4.69, 9.17) is 5.11 Å². The number of carbonyl (C=O) groups is 2. The minimum absolute atomic E-state index is 0.118. The van der Waals surface area contributed by atoms with Crippen LogP contribution in [0.1, 0.15) is 31.3 Å². The fraction of sp³-hybridized carbons (Fsp3) is 0.583. The molecular formula is C12H19N3O3S. The molecule has 0 aliphatic heterocycles. The molecule has 106 valence electrons. The maximum absolute atomic E-state index is 11.0. The largest absolute Gasteiger partial charge is 0.481 e. The van der Waals surface area contributed by atoms with Gasteiger partial charge in [-0.2, -0.15) is 0 Å². The van der Waals surface area contributed by atoms with Crippen molar-refractivity contribution in [3.63, 3.8) is 0 Å². The Morgan fingerprint density at radius 2 is 2.00 bits per heavy atom. The summed E-state index contributed by atoms with van der Waals surface area (Å²) in [5.41, 5.74) is 0.535. The first-order valence-corrected chi connectivity index (χ1v) is 6.98. The lowest BCUT2D eigenvalue weighted by atomic mass is 10.2. The van der Waals surface area contributed by atoms with Crippen molar-refractivity contribution in [3.05, 3.63) is 10.6 Å². The monoisotopic (exact) mass is 285 g/mol. The normalized spacial score (nSPS) is 10.7. The van der Waals surface area contributed by atoms with Crippen LogP contribution < -0.4 is 5.32 Å². The van der Waals surface area contributed by atoms with Crippen molar-refractivity contribution in [2.75, 3.05) is 18.4 Å². The summed E-state index contributed by atoms with van der Waals surface area (Å²) in [6, 6.07) is 0. The van der Waals surface area contributed by atoms with Gasteiger partial charge < -0.3 is 10.4 Å². The second-order valence-electron chi connectivity index (χ2n) is 4.10. The first-order valence-electron chi connectivity index (χ1n) is 6.16. The maximum atomic E-state index is 11.0. The molecule has 19 heavy (non-hydrogen) atoms. The number of aliphatic carboxylic acids is 1. The zero-order chi connectivity index (χ0) is 14.4. The van der Waals surface area contributed by atoms with Gasteiger partial charge in [0, 0.05) is 18.3 Å². The second kappa shape index (κ2) is 7.20. The van der Waals surface area contributed by atoms with Crippen LogP contribution in [0.2, 0.25) is 0 Å². The summed E-state index contributed by atoms with van der Waals surface area (Å²) in [5, 5.41) is 12.0. The van der Waals surface area contributed by atoms with Crippen LogP contribution in [0.3, 0.4) is 0 Å². The molecule has 0 radical (unpaired) electrons. The van der Waals surface area contributed by atoms with E-state index in [0.29, 0.717) is 17.4 Å². The van der Waals surface area contributed by atoms with Gasteiger partial charge in [-0.05, 0) is 13.1 Å². The third-order valence-corrected chi connectivity index (χ3v) is 3.64. The molecule has 1 aromatic rings. The van der Waals surface area contributed by atoms with E-state index < -0.39 is 5.97 Å². The number of carboxylic acids is 1. The molecule has 0 atom stereocenters. The Morgan fingerprint density at radius 1 is 1.37 bits per heavy atom. The van der Waals surface area contributed by atoms with E-state index in [0.717, 1.165) is 18.0 Å². The lowest BCUT2D eigenvalue weighted by Gasteiger charge is -2.17. The average Bonchev–Trinajstić information content (AvgIpc) is 2.66. The van der Waals surface area contributed by atoms with Gasteiger partial charge in [0.1, 0.15) is 0 Å². The Bertz CT molecular complexity index is 455. The predicted octanol–water partition coefficient (Wildman–Crippen LogP) is 1.57. The number of nitrogens with zero attached hydrogens (tertiary/aromatic N) is 2. The van der Waals surface area contributed by atoms with Crippen LogP contribution >= 0.6 is 11.3 Å². The number of carbonyl (C=O) groups excluding carboxylic acids is 1. The molecule has 0 aromatic carbocycles. The zero-order valence-corrected chi connectivity index (χ0v) is 12.2. The molecule has 1 amide bonds. The van der Waals surface area contributed by atoms with Crippen LogP contribution in [0, 0.1) is 0 Å². The quantitative estimate of drug-likeness (QED) is 0.794. The molecule has 0 bridgehead atoms. The molecule has 6 nitrogen and oxygen atoms in total. The Balaban J connectivity index is 2.94. The number of hydrogen-bond acceptors (Lipinski definition) is 5.